The molecule has 0 bridgehead atoms. The van der Waals surface area contributed by atoms with Gasteiger partial charge in [0.2, 0.25) is 0 Å². The lowest BCUT2D eigenvalue weighted by Gasteiger charge is -2.06. The van der Waals surface area contributed by atoms with Crippen LogP contribution in [-0.4, -0.2) is 11.3 Å². The molecule has 0 fully saturated rings. The van der Waals surface area contributed by atoms with Crippen molar-refractivity contribution in [3.05, 3.63) is 52.9 Å². The maximum absolute atomic E-state index is 10.6. The fraction of sp³-hybridized carbons (Fsp3) is 0. The topological polar surface area (TPSA) is 39.2 Å². The number of aromatic nitrogens is 1. The van der Waals surface area contributed by atoms with Crippen molar-refractivity contribution in [2.75, 3.05) is 0 Å². The Morgan fingerprint density at radius 3 is 3.00 bits per heavy atom. The molecule has 1 aromatic carbocycles. The van der Waals surface area contributed by atoms with Gasteiger partial charge < -0.3 is 4.74 Å². The van der Waals surface area contributed by atoms with E-state index in [0.717, 1.165) is 22.9 Å². The highest BCUT2D eigenvalue weighted by Gasteiger charge is 2.05. The molecule has 0 atom stereocenters. The van der Waals surface area contributed by atoms with Gasteiger partial charge in [0, 0.05) is 23.0 Å². The van der Waals surface area contributed by atoms with Gasteiger partial charge in [-0.05, 0) is 24.3 Å². The van der Waals surface area contributed by atoms with Crippen LogP contribution < -0.4 is 4.74 Å². The van der Waals surface area contributed by atoms with Crippen molar-refractivity contribution in [3.8, 4) is 11.5 Å². The van der Waals surface area contributed by atoms with Crippen molar-refractivity contribution in [1.29, 1.82) is 0 Å². The predicted molar refractivity (Wildman–Crippen MR) is 71.5 cm³/mol. The first-order valence-electron chi connectivity index (χ1n) is 5.42. The highest BCUT2D eigenvalue weighted by molar-refractivity contribution is 7.11. The number of nitrogens with zero attached hydrogens (tertiary/aromatic N) is 1. The number of carbonyl (C=O) groups is 1. The molecule has 0 unspecified atom stereocenters. The van der Waals surface area contributed by atoms with Crippen molar-refractivity contribution in [2.24, 2.45) is 0 Å². The monoisotopic (exact) mass is 255 g/mol. The van der Waals surface area contributed by atoms with Crippen LogP contribution in [0.2, 0.25) is 0 Å². The summed E-state index contributed by atoms with van der Waals surface area (Å²) < 4.78 is 5.79. The van der Waals surface area contributed by atoms with Gasteiger partial charge in [-0.3, -0.25) is 9.78 Å². The van der Waals surface area contributed by atoms with Gasteiger partial charge in [0.25, 0.3) is 0 Å². The van der Waals surface area contributed by atoms with Crippen molar-refractivity contribution >= 4 is 28.5 Å². The predicted octanol–water partition coefficient (Wildman–Crippen LogP) is 3.90. The molecule has 0 aliphatic rings. The Kier molecular flexibility index (Phi) is 2.78. The average molecular weight is 255 g/mol. The van der Waals surface area contributed by atoms with Crippen molar-refractivity contribution in [2.45, 2.75) is 0 Å². The van der Waals surface area contributed by atoms with Crippen LogP contribution in [0.5, 0.6) is 11.5 Å². The molecule has 0 aliphatic carbocycles. The van der Waals surface area contributed by atoms with E-state index in [1.165, 1.54) is 11.3 Å². The summed E-state index contributed by atoms with van der Waals surface area (Å²) in [4.78, 5) is 15.6. The molecule has 3 rings (SSSR count). The normalized spacial score (nSPS) is 10.4. The molecular weight excluding hydrogens is 246 g/mol. The number of hydrogen-bond acceptors (Lipinski definition) is 4. The lowest BCUT2D eigenvalue weighted by Crippen LogP contribution is -1.85. The van der Waals surface area contributed by atoms with Gasteiger partial charge in [-0.1, -0.05) is 6.07 Å². The Morgan fingerprint density at radius 1 is 1.22 bits per heavy atom. The van der Waals surface area contributed by atoms with Crippen LogP contribution in [0.3, 0.4) is 0 Å². The zero-order chi connectivity index (χ0) is 12.4. The van der Waals surface area contributed by atoms with Gasteiger partial charge in [0.1, 0.15) is 11.5 Å². The number of ether oxygens (including phenoxy) is 1. The van der Waals surface area contributed by atoms with E-state index in [1.54, 1.807) is 12.3 Å². The first-order valence-corrected chi connectivity index (χ1v) is 6.30. The zero-order valence-corrected chi connectivity index (χ0v) is 10.2. The molecule has 0 aliphatic heterocycles. The Bertz CT molecular complexity index is 700. The summed E-state index contributed by atoms with van der Waals surface area (Å²) in [6.45, 7) is 0. The fourth-order valence-electron chi connectivity index (χ4n) is 1.74. The minimum atomic E-state index is 0.656. The SMILES string of the molecule is O=Cc1cc(Oc2cccc3ncccc23)cs1. The first-order chi connectivity index (χ1) is 8.86. The van der Waals surface area contributed by atoms with Gasteiger partial charge in [-0.15, -0.1) is 11.3 Å². The number of aldehydes is 1. The second-order valence-electron chi connectivity index (χ2n) is 3.73. The quantitative estimate of drug-likeness (QED) is 0.666. The summed E-state index contributed by atoms with van der Waals surface area (Å²) in [6.07, 6.45) is 2.57. The number of thiophene rings is 1. The highest BCUT2D eigenvalue weighted by Crippen LogP contribution is 2.30. The molecule has 2 heterocycles. The van der Waals surface area contributed by atoms with Crippen LogP contribution in [0.4, 0.5) is 0 Å². The Labute approximate surface area is 108 Å². The average Bonchev–Trinajstić information content (AvgIpc) is 2.87. The van der Waals surface area contributed by atoms with Gasteiger partial charge >= 0.3 is 0 Å². The summed E-state index contributed by atoms with van der Waals surface area (Å²) in [7, 11) is 0. The van der Waals surface area contributed by atoms with Gasteiger partial charge in [0.15, 0.2) is 6.29 Å². The molecule has 4 heteroatoms. The van der Waals surface area contributed by atoms with E-state index < -0.39 is 0 Å². The second-order valence-corrected chi connectivity index (χ2v) is 4.67. The summed E-state index contributed by atoms with van der Waals surface area (Å²) in [5.74, 6) is 1.43. The van der Waals surface area contributed by atoms with Gasteiger partial charge in [-0.25, -0.2) is 0 Å². The van der Waals surface area contributed by atoms with Crippen LogP contribution >= 0.6 is 11.3 Å². The smallest absolute Gasteiger partial charge is 0.160 e. The van der Waals surface area contributed by atoms with E-state index in [1.807, 2.05) is 35.7 Å². The third-order valence-corrected chi connectivity index (χ3v) is 3.38. The van der Waals surface area contributed by atoms with E-state index in [9.17, 15) is 4.79 Å². The molecule has 2 aromatic heterocycles. The van der Waals surface area contributed by atoms with E-state index in [4.69, 9.17) is 4.74 Å². The molecule has 0 saturated heterocycles. The number of rotatable bonds is 3. The third kappa shape index (κ3) is 1.98. The number of hydrogen-bond donors (Lipinski definition) is 0. The molecule has 0 radical (unpaired) electrons. The highest BCUT2D eigenvalue weighted by atomic mass is 32.1. The maximum Gasteiger partial charge on any atom is 0.160 e. The fourth-order valence-corrected chi connectivity index (χ4v) is 2.35. The number of carbonyl (C=O) groups excluding carboxylic acids is 1. The second kappa shape index (κ2) is 4.58. The van der Waals surface area contributed by atoms with Crippen LogP contribution in [0, 0.1) is 0 Å². The molecule has 3 aromatic rings. The zero-order valence-electron chi connectivity index (χ0n) is 9.37. The van der Waals surface area contributed by atoms with E-state index >= 15 is 0 Å². The van der Waals surface area contributed by atoms with Gasteiger partial charge in [0.05, 0.1) is 10.4 Å². The summed E-state index contributed by atoms with van der Waals surface area (Å²) >= 11 is 1.37. The Balaban J connectivity index is 2.01. The lowest BCUT2D eigenvalue weighted by atomic mass is 10.2. The van der Waals surface area contributed by atoms with Crippen LogP contribution in [0.25, 0.3) is 10.9 Å². The van der Waals surface area contributed by atoms with Crippen molar-refractivity contribution in [3.63, 3.8) is 0 Å². The molecule has 3 nitrogen and oxygen atoms in total. The van der Waals surface area contributed by atoms with Crippen LogP contribution in [0.15, 0.2) is 48.0 Å². The number of pyridine rings is 1. The molecule has 0 amide bonds. The van der Waals surface area contributed by atoms with E-state index in [0.29, 0.717) is 10.6 Å². The maximum atomic E-state index is 10.6. The minimum absolute atomic E-state index is 0.656. The van der Waals surface area contributed by atoms with Crippen LogP contribution in [0.1, 0.15) is 9.67 Å². The standard InChI is InChI=1S/C14H9NO2S/c16-8-11-7-10(9-18-11)17-14-5-1-4-13-12(14)3-2-6-15-13/h1-9H. The van der Waals surface area contributed by atoms with E-state index in [2.05, 4.69) is 4.98 Å². The van der Waals surface area contributed by atoms with Gasteiger partial charge in [-0.2, -0.15) is 0 Å². The van der Waals surface area contributed by atoms with E-state index in [-0.39, 0.29) is 0 Å². The van der Waals surface area contributed by atoms with Crippen LogP contribution in [-0.2, 0) is 0 Å². The van der Waals surface area contributed by atoms with Crippen molar-refractivity contribution in [1.82, 2.24) is 4.98 Å². The lowest BCUT2D eigenvalue weighted by molar-refractivity contribution is 0.112. The number of fused-ring (bicyclic) bond motifs is 1. The Morgan fingerprint density at radius 2 is 2.17 bits per heavy atom. The molecule has 0 spiro atoms. The molecule has 0 N–H and O–H groups in total. The first kappa shape index (κ1) is 10.9. The Hall–Kier alpha value is -2.20. The van der Waals surface area contributed by atoms with Crippen molar-refractivity contribution < 1.29 is 9.53 Å². The molecule has 88 valence electrons. The number of benzene rings is 1. The summed E-state index contributed by atoms with van der Waals surface area (Å²) in [5, 5.41) is 2.78. The molecular formula is C14H9NO2S. The minimum Gasteiger partial charge on any atom is -0.456 e. The molecule has 0 saturated carbocycles. The summed E-state index contributed by atoms with van der Waals surface area (Å²) in [5.41, 5.74) is 0.890. The molecule has 18 heavy (non-hydrogen) atoms. The third-order valence-electron chi connectivity index (χ3n) is 2.55. The summed E-state index contributed by atoms with van der Waals surface area (Å²) in [6, 6.07) is 11.3. The largest absolute Gasteiger partial charge is 0.456 e.